The summed E-state index contributed by atoms with van der Waals surface area (Å²) < 4.78 is 10.1. The van der Waals surface area contributed by atoms with E-state index in [4.69, 9.17) is 9.47 Å². The predicted octanol–water partition coefficient (Wildman–Crippen LogP) is 2.87. The van der Waals surface area contributed by atoms with Crippen molar-refractivity contribution in [1.29, 1.82) is 0 Å². The minimum absolute atomic E-state index is 0.0589. The molecule has 0 rings (SSSR count). The maximum Gasteiger partial charge on any atom is 0.408 e. The quantitative estimate of drug-likeness (QED) is 0.383. The smallest absolute Gasteiger partial charge is 0.408 e. The van der Waals surface area contributed by atoms with Crippen molar-refractivity contribution in [2.24, 2.45) is 0 Å². The highest BCUT2D eigenvalue weighted by Gasteiger charge is 2.50. The first-order chi connectivity index (χ1) is 10.6. The number of hydrogen-bond acceptors (Lipinski definition) is 5. The summed E-state index contributed by atoms with van der Waals surface area (Å²) >= 11 is 0. The average molecular weight is 331 g/mol. The van der Waals surface area contributed by atoms with E-state index >= 15 is 0 Å². The molecule has 0 bridgehead atoms. The molecule has 0 aromatic heterocycles. The van der Waals surface area contributed by atoms with Crippen LogP contribution in [0.4, 0.5) is 4.79 Å². The van der Waals surface area contributed by atoms with Crippen LogP contribution >= 0.6 is 0 Å². The summed E-state index contributed by atoms with van der Waals surface area (Å²) in [7, 11) is 0. The first-order valence-corrected chi connectivity index (χ1v) is 8.00. The van der Waals surface area contributed by atoms with E-state index in [2.05, 4.69) is 5.32 Å². The Hall–Kier alpha value is -1.79. The lowest BCUT2D eigenvalue weighted by molar-refractivity contribution is -0.171. The Morgan fingerprint density at radius 3 is 2.04 bits per heavy atom. The number of amides is 1. The van der Waals surface area contributed by atoms with Crippen molar-refractivity contribution in [3.8, 4) is 0 Å². The number of rotatable bonds is 9. The van der Waals surface area contributed by atoms with Gasteiger partial charge in [-0.05, 0) is 33.6 Å². The molecule has 1 amide bonds. The molecule has 7 nitrogen and oxygen atoms in total. The van der Waals surface area contributed by atoms with Crippen molar-refractivity contribution in [2.75, 3.05) is 6.61 Å². The van der Waals surface area contributed by atoms with Crippen LogP contribution in [0, 0.1) is 0 Å². The molecule has 0 spiro atoms. The molecule has 0 radical (unpaired) electrons. The van der Waals surface area contributed by atoms with E-state index in [-0.39, 0.29) is 13.0 Å². The van der Waals surface area contributed by atoms with Gasteiger partial charge in [-0.3, -0.25) is 5.32 Å². The minimum atomic E-state index is -2.13. The Morgan fingerprint density at radius 2 is 1.61 bits per heavy atom. The van der Waals surface area contributed by atoms with Gasteiger partial charge >= 0.3 is 18.0 Å². The molecule has 0 aliphatic rings. The molecule has 0 aromatic carbocycles. The van der Waals surface area contributed by atoms with Crippen molar-refractivity contribution in [2.45, 2.75) is 77.9 Å². The number of carboxylic acids is 1. The SMILES string of the molecule is CCCCOC(=O)NC(CCCC)(C(=O)O)C(=O)OC(C)(C)C. The molecule has 2 N–H and O–H groups in total. The summed E-state index contributed by atoms with van der Waals surface area (Å²) in [6, 6.07) is 0. The van der Waals surface area contributed by atoms with E-state index in [1.807, 2.05) is 13.8 Å². The second kappa shape index (κ2) is 9.37. The lowest BCUT2D eigenvalue weighted by Gasteiger charge is -2.31. The summed E-state index contributed by atoms with van der Waals surface area (Å²) in [6.07, 6.45) is 1.62. The zero-order valence-electron chi connectivity index (χ0n) is 14.7. The summed E-state index contributed by atoms with van der Waals surface area (Å²) in [5.74, 6) is -2.44. The van der Waals surface area contributed by atoms with Gasteiger partial charge in [0, 0.05) is 0 Å². The van der Waals surface area contributed by atoms with E-state index in [0.717, 1.165) is 6.42 Å². The summed E-state index contributed by atoms with van der Waals surface area (Å²) in [5, 5.41) is 11.8. The summed E-state index contributed by atoms with van der Waals surface area (Å²) in [6.45, 7) is 8.87. The van der Waals surface area contributed by atoms with Crippen molar-refractivity contribution in [3.63, 3.8) is 0 Å². The zero-order chi connectivity index (χ0) is 18.1. The second-order valence-electron chi connectivity index (χ2n) is 6.43. The third-order valence-corrected chi connectivity index (χ3v) is 3.06. The largest absolute Gasteiger partial charge is 0.479 e. The Kier molecular flexibility index (Phi) is 8.64. The standard InChI is InChI=1S/C16H29NO6/c1-6-8-10-16(12(18)19,13(20)23-15(3,4)5)17-14(21)22-11-9-7-2/h6-11H2,1-5H3,(H,17,21)(H,18,19). The second-order valence-corrected chi connectivity index (χ2v) is 6.43. The number of aliphatic carboxylic acids is 1. The summed E-state index contributed by atoms with van der Waals surface area (Å²) in [4.78, 5) is 36.0. The van der Waals surface area contributed by atoms with E-state index in [1.54, 1.807) is 20.8 Å². The van der Waals surface area contributed by atoms with Gasteiger partial charge < -0.3 is 14.6 Å². The number of hydrogen-bond donors (Lipinski definition) is 2. The Bertz CT molecular complexity index is 415. The van der Waals surface area contributed by atoms with Gasteiger partial charge in [-0.15, -0.1) is 0 Å². The molecule has 0 aliphatic heterocycles. The van der Waals surface area contributed by atoms with Crippen LogP contribution in [0.3, 0.4) is 0 Å². The number of alkyl carbamates (subject to hydrolysis) is 1. The van der Waals surface area contributed by atoms with Crippen molar-refractivity contribution < 1.29 is 29.0 Å². The van der Waals surface area contributed by atoms with Crippen LogP contribution in [0.15, 0.2) is 0 Å². The van der Waals surface area contributed by atoms with Crippen LogP contribution in [0.5, 0.6) is 0 Å². The maximum absolute atomic E-state index is 12.4. The number of unbranched alkanes of at least 4 members (excludes halogenated alkanes) is 2. The predicted molar refractivity (Wildman–Crippen MR) is 85.1 cm³/mol. The third-order valence-electron chi connectivity index (χ3n) is 3.06. The lowest BCUT2D eigenvalue weighted by atomic mass is 9.92. The average Bonchev–Trinajstić information content (AvgIpc) is 2.41. The molecule has 1 unspecified atom stereocenters. The van der Waals surface area contributed by atoms with E-state index in [0.29, 0.717) is 19.3 Å². The van der Waals surface area contributed by atoms with E-state index in [9.17, 15) is 19.5 Å². The highest BCUT2D eigenvalue weighted by molar-refractivity contribution is 6.06. The van der Waals surface area contributed by atoms with Crippen LogP contribution in [-0.4, -0.2) is 40.9 Å². The molecule has 23 heavy (non-hydrogen) atoms. The molecule has 134 valence electrons. The third kappa shape index (κ3) is 7.34. The fourth-order valence-corrected chi connectivity index (χ4v) is 1.79. The number of carbonyl (C=O) groups is 3. The molecular weight excluding hydrogens is 302 g/mol. The summed E-state index contributed by atoms with van der Waals surface area (Å²) in [5.41, 5.74) is -3.00. The molecule has 0 saturated heterocycles. The molecule has 0 heterocycles. The van der Waals surface area contributed by atoms with E-state index in [1.165, 1.54) is 0 Å². The first-order valence-electron chi connectivity index (χ1n) is 8.00. The zero-order valence-corrected chi connectivity index (χ0v) is 14.7. The highest BCUT2D eigenvalue weighted by atomic mass is 16.6. The fraction of sp³-hybridized carbons (Fsp3) is 0.812. The number of carboxylic acid groups (broad SMARTS) is 1. The molecule has 0 aromatic rings. The maximum atomic E-state index is 12.4. The number of esters is 1. The van der Waals surface area contributed by atoms with Gasteiger partial charge in [0.05, 0.1) is 6.61 Å². The van der Waals surface area contributed by atoms with Crippen LogP contribution < -0.4 is 5.32 Å². The van der Waals surface area contributed by atoms with Gasteiger partial charge in [0.1, 0.15) is 5.60 Å². The Balaban J connectivity index is 5.28. The van der Waals surface area contributed by atoms with Gasteiger partial charge in [-0.2, -0.15) is 0 Å². The van der Waals surface area contributed by atoms with Crippen LogP contribution in [0.1, 0.15) is 66.7 Å². The van der Waals surface area contributed by atoms with Gasteiger partial charge in [-0.25, -0.2) is 14.4 Å². The van der Waals surface area contributed by atoms with Crippen LogP contribution in [0.25, 0.3) is 0 Å². The van der Waals surface area contributed by atoms with Crippen molar-refractivity contribution in [3.05, 3.63) is 0 Å². The van der Waals surface area contributed by atoms with Gasteiger partial charge in [0.2, 0.25) is 5.54 Å². The molecule has 0 saturated carbocycles. The molecule has 1 atom stereocenters. The highest BCUT2D eigenvalue weighted by Crippen LogP contribution is 2.21. The monoisotopic (exact) mass is 331 g/mol. The van der Waals surface area contributed by atoms with Gasteiger partial charge in [0.15, 0.2) is 0 Å². The fourth-order valence-electron chi connectivity index (χ4n) is 1.79. The van der Waals surface area contributed by atoms with E-state index < -0.39 is 29.2 Å². The van der Waals surface area contributed by atoms with Crippen LogP contribution in [-0.2, 0) is 19.1 Å². The number of nitrogens with one attached hydrogen (secondary N) is 1. The number of carbonyl (C=O) groups excluding carboxylic acids is 2. The number of ether oxygens (including phenoxy) is 2. The lowest BCUT2D eigenvalue weighted by Crippen LogP contribution is -2.61. The first kappa shape index (κ1) is 21.2. The Morgan fingerprint density at radius 1 is 1.04 bits per heavy atom. The molecule has 0 aliphatic carbocycles. The minimum Gasteiger partial charge on any atom is -0.479 e. The van der Waals surface area contributed by atoms with Crippen molar-refractivity contribution >= 4 is 18.0 Å². The van der Waals surface area contributed by atoms with Crippen LogP contribution in [0.2, 0.25) is 0 Å². The topological polar surface area (TPSA) is 102 Å². The Labute approximate surface area is 137 Å². The normalized spacial score (nSPS) is 13.8. The van der Waals surface area contributed by atoms with Gasteiger partial charge in [0.25, 0.3) is 0 Å². The molecular formula is C16H29NO6. The van der Waals surface area contributed by atoms with Crippen molar-refractivity contribution in [1.82, 2.24) is 5.32 Å². The molecule has 0 fully saturated rings. The van der Waals surface area contributed by atoms with Gasteiger partial charge in [-0.1, -0.05) is 33.1 Å². The molecule has 7 heteroatoms.